The summed E-state index contributed by atoms with van der Waals surface area (Å²) < 4.78 is 15.2. The first-order valence-electron chi connectivity index (χ1n) is 7.44. The van der Waals surface area contributed by atoms with Gasteiger partial charge in [0.25, 0.3) is 0 Å². The van der Waals surface area contributed by atoms with Gasteiger partial charge in [-0.15, -0.1) is 0 Å². The van der Waals surface area contributed by atoms with Crippen LogP contribution in [0.1, 0.15) is 0 Å². The molecule has 0 saturated heterocycles. The lowest BCUT2D eigenvalue weighted by molar-refractivity contribution is 0.628. The van der Waals surface area contributed by atoms with Crippen LogP contribution in [0.2, 0.25) is 0 Å². The zero-order valence-corrected chi connectivity index (χ0v) is 14.0. The maximum Gasteiger partial charge on any atom is 0.189 e. The second kappa shape index (κ2) is 6.14. The smallest absolute Gasteiger partial charge is 0.189 e. The standard InChI is InChI=1S/C17H13FN6S/c1-25-17-20-9-8-14(22-17)24-12-6-7-13(19)21-15(12)23-16(24)10-2-4-11(18)5-3-10/h2-9H,1H3,(H2,19,21). The molecule has 0 fully saturated rings. The number of halogens is 1. The lowest BCUT2D eigenvalue weighted by atomic mass is 10.2. The molecule has 0 radical (unpaired) electrons. The first-order chi connectivity index (χ1) is 12.2. The van der Waals surface area contributed by atoms with Crippen molar-refractivity contribution in [3.8, 4) is 17.2 Å². The van der Waals surface area contributed by atoms with Gasteiger partial charge in [0.05, 0.1) is 5.52 Å². The Balaban J connectivity index is 2.02. The van der Waals surface area contributed by atoms with Gasteiger partial charge in [0.1, 0.15) is 23.3 Å². The summed E-state index contributed by atoms with van der Waals surface area (Å²) in [5, 5.41) is 0.646. The van der Waals surface area contributed by atoms with Gasteiger partial charge in [0, 0.05) is 11.8 Å². The predicted octanol–water partition coefficient (Wildman–Crippen LogP) is 3.32. The molecule has 0 bridgehead atoms. The molecule has 0 amide bonds. The van der Waals surface area contributed by atoms with E-state index in [-0.39, 0.29) is 5.82 Å². The van der Waals surface area contributed by atoms with E-state index in [0.717, 1.165) is 11.1 Å². The van der Waals surface area contributed by atoms with Crippen LogP contribution in [-0.4, -0.2) is 30.8 Å². The average Bonchev–Trinajstić information content (AvgIpc) is 3.00. The van der Waals surface area contributed by atoms with E-state index in [4.69, 9.17) is 5.73 Å². The number of thioether (sulfide) groups is 1. The van der Waals surface area contributed by atoms with Crippen molar-refractivity contribution in [2.75, 3.05) is 12.0 Å². The SMILES string of the molecule is CSc1nccc(-n2c(-c3ccc(F)cc3)nc3nc(N)ccc32)n1. The number of rotatable bonds is 3. The van der Waals surface area contributed by atoms with Crippen molar-refractivity contribution in [2.45, 2.75) is 5.16 Å². The molecule has 0 aliphatic rings. The van der Waals surface area contributed by atoms with Crippen molar-refractivity contribution in [3.05, 3.63) is 54.5 Å². The summed E-state index contributed by atoms with van der Waals surface area (Å²) in [6.45, 7) is 0. The summed E-state index contributed by atoms with van der Waals surface area (Å²) in [5.74, 6) is 1.35. The minimum atomic E-state index is -0.305. The zero-order valence-electron chi connectivity index (χ0n) is 13.2. The summed E-state index contributed by atoms with van der Waals surface area (Å²) in [5.41, 5.74) is 7.81. The van der Waals surface area contributed by atoms with Crippen molar-refractivity contribution in [2.24, 2.45) is 0 Å². The Bertz CT molecular complexity index is 1060. The van der Waals surface area contributed by atoms with E-state index >= 15 is 0 Å². The van der Waals surface area contributed by atoms with Gasteiger partial charge in [-0.1, -0.05) is 11.8 Å². The van der Waals surface area contributed by atoms with E-state index in [0.29, 0.717) is 28.3 Å². The maximum atomic E-state index is 13.3. The summed E-state index contributed by atoms with van der Waals surface area (Å²) in [6, 6.07) is 11.5. The fourth-order valence-corrected chi connectivity index (χ4v) is 2.91. The number of nitrogens with zero attached hydrogens (tertiary/aromatic N) is 5. The third kappa shape index (κ3) is 2.80. The van der Waals surface area contributed by atoms with Crippen molar-refractivity contribution in [1.29, 1.82) is 0 Å². The number of aromatic nitrogens is 5. The van der Waals surface area contributed by atoms with E-state index in [1.807, 2.05) is 16.9 Å². The summed E-state index contributed by atoms with van der Waals surface area (Å²) in [7, 11) is 0. The van der Waals surface area contributed by atoms with Gasteiger partial charge in [-0.05, 0) is 48.7 Å². The molecule has 6 nitrogen and oxygen atoms in total. The minimum Gasteiger partial charge on any atom is -0.384 e. The average molecular weight is 352 g/mol. The first-order valence-corrected chi connectivity index (χ1v) is 8.66. The Labute approximate surface area is 147 Å². The number of nitrogen functional groups attached to an aromatic ring is 1. The molecule has 8 heteroatoms. The molecule has 3 aromatic heterocycles. The fraction of sp³-hybridized carbons (Fsp3) is 0.0588. The Kier molecular flexibility index (Phi) is 3.81. The van der Waals surface area contributed by atoms with E-state index in [2.05, 4.69) is 19.9 Å². The number of hydrogen-bond donors (Lipinski definition) is 1. The van der Waals surface area contributed by atoms with Crippen LogP contribution in [0.25, 0.3) is 28.4 Å². The number of benzene rings is 1. The van der Waals surface area contributed by atoms with Crippen LogP contribution in [-0.2, 0) is 0 Å². The van der Waals surface area contributed by atoms with Gasteiger partial charge in [0.15, 0.2) is 10.8 Å². The van der Waals surface area contributed by atoms with Gasteiger partial charge in [-0.2, -0.15) is 0 Å². The van der Waals surface area contributed by atoms with Crippen LogP contribution >= 0.6 is 11.8 Å². The van der Waals surface area contributed by atoms with E-state index < -0.39 is 0 Å². The number of fused-ring (bicyclic) bond motifs is 1. The summed E-state index contributed by atoms with van der Waals surface area (Å²) in [4.78, 5) is 17.6. The molecule has 3 heterocycles. The molecule has 0 aliphatic carbocycles. The van der Waals surface area contributed by atoms with Crippen LogP contribution < -0.4 is 5.73 Å². The van der Waals surface area contributed by atoms with E-state index in [1.54, 1.807) is 30.5 Å². The molecular weight excluding hydrogens is 339 g/mol. The third-order valence-electron chi connectivity index (χ3n) is 3.67. The van der Waals surface area contributed by atoms with Crippen molar-refractivity contribution >= 4 is 28.7 Å². The monoisotopic (exact) mass is 352 g/mol. The zero-order chi connectivity index (χ0) is 17.4. The van der Waals surface area contributed by atoms with Crippen LogP contribution in [0.3, 0.4) is 0 Å². The van der Waals surface area contributed by atoms with Gasteiger partial charge >= 0.3 is 0 Å². The van der Waals surface area contributed by atoms with Gasteiger partial charge in [-0.25, -0.2) is 24.3 Å². The lowest BCUT2D eigenvalue weighted by Crippen LogP contribution is -2.02. The van der Waals surface area contributed by atoms with Gasteiger partial charge in [-0.3, -0.25) is 4.57 Å². The van der Waals surface area contributed by atoms with Crippen LogP contribution in [0.5, 0.6) is 0 Å². The maximum absolute atomic E-state index is 13.3. The highest BCUT2D eigenvalue weighted by molar-refractivity contribution is 7.98. The number of hydrogen-bond acceptors (Lipinski definition) is 6. The molecule has 1 aromatic carbocycles. The molecule has 0 saturated carbocycles. The normalized spacial score (nSPS) is 11.1. The van der Waals surface area contributed by atoms with Gasteiger partial charge in [0.2, 0.25) is 0 Å². The fourth-order valence-electron chi connectivity index (χ4n) is 2.56. The second-order valence-corrected chi connectivity index (χ2v) is 6.03. The lowest BCUT2D eigenvalue weighted by Gasteiger charge is -2.09. The number of pyridine rings is 1. The molecule has 2 N–H and O–H groups in total. The molecule has 0 atom stereocenters. The van der Waals surface area contributed by atoms with Crippen molar-refractivity contribution in [1.82, 2.24) is 24.5 Å². The second-order valence-electron chi connectivity index (χ2n) is 5.26. The molecular formula is C17H13FN6S. The summed E-state index contributed by atoms with van der Waals surface area (Å²) in [6.07, 6.45) is 3.60. The number of anilines is 1. The molecule has 0 aliphatic heterocycles. The van der Waals surface area contributed by atoms with Crippen LogP contribution in [0.15, 0.2) is 53.8 Å². The van der Waals surface area contributed by atoms with Gasteiger partial charge < -0.3 is 5.73 Å². The van der Waals surface area contributed by atoms with E-state index in [9.17, 15) is 4.39 Å². The number of nitrogens with two attached hydrogens (primary N) is 1. The van der Waals surface area contributed by atoms with Crippen LogP contribution in [0.4, 0.5) is 10.2 Å². The van der Waals surface area contributed by atoms with Crippen LogP contribution in [0, 0.1) is 5.82 Å². The van der Waals surface area contributed by atoms with Crippen molar-refractivity contribution in [3.63, 3.8) is 0 Å². The topological polar surface area (TPSA) is 82.5 Å². The highest BCUT2D eigenvalue weighted by Crippen LogP contribution is 2.28. The summed E-state index contributed by atoms with van der Waals surface area (Å²) >= 11 is 1.45. The molecule has 0 spiro atoms. The van der Waals surface area contributed by atoms with Crippen molar-refractivity contribution < 1.29 is 4.39 Å². The number of imidazole rings is 1. The largest absolute Gasteiger partial charge is 0.384 e. The first kappa shape index (κ1) is 15.5. The Morgan fingerprint density at radius 1 is 1.00 bits per heavy atom. The highest BCUT2D eigenvalue weighted by atomic mass is 32.2. The minimum absolute atomic E-state index is 0.305. The Morgan fingerprint density at radius 3 is 2.56 bits per heavy atom. The molecule has 4 aromatic rings. The highest BCUT2D eigenvalue weighted by Gasteiger charge is 2.17. The molecule has 124 valence electrons. The third-order valence-corrected chi connectivity index (χ3v) is 4.24. The van der Waals surface area contributed by atoms with E-state index in [1.165, 1.54) is 23.9 Å². The molecule has 25 heavy (non-hydrogen) atoms. The Hall–Kier alpha value is -3.00. The molecule has 0 unspecified atom stereocenters. The Morgan fingerprint density at radius 2 is 1.80 bits per heavy atom. The molecule has 4 rings (SSSR count). The predicted molar refractivity (Wildman–Crippen MR) is 96.0 cm³/mol. The quantitative estimate of drug-likeness (QED) is 0.450.